The van der Waals surface area contributed by atoms with Crippen LogP contribution in [0.25, 0.3) is 0 Å². The van der Waals surface area contributed by atoms with E-state index >= 15 is 0 Å². The second kappa shape index (κ2) is 7.61. The topological polar surface area (TPSA) is 75.5 Å². The molecule has 0 spiro atoms. The Morgan fingerprint density at radius 3 is 2.64 bits per heavy atom. The number of carbonyl (C=O) groups is 1. The van der Waals surface area contributed by atoms with Gasteiger partial charge in [-0.15, -0.1) is 0 Å². The van der Waals surface area contributed by atoms with Crippen molar-refractivity contribution in [2.45, 2.75) is 6.92 Å². The summed E-state index contributed by atoms with van der Waals surface area (Å²) in [6, 6.07) is 14.7. The van der Waals surface area contributed by atoms with E-state index in [0.29, 0.717) is 5.75 Å². The molecule has 0 aliphatic rings. The molecule has 3 N–H and O–H groups in total. The molecule has 0 saturated carbocycles. The molecule has 0 atom stereocenters. The molecule has 0 heterocycles. The van der Waals surface area contributed by atoms with Crippen molar-refractivity contribution in [1.82, 2.24) is 0 Å². The minimum absolute atomic E-state index is 0.225. The number of nitrogen functional groups attached to an aromatic ring is 1. The van der Waals surface area contributed by atoms with Gasteiger partial charge < -0.3 is 4.74 Å². The van der Waals surface area contributed by atoms with Gasteiger partial charge in [0.1, 0.15) is 5.75 Å². The first-order valence-corrected chi connectivity index (χ1v) is 7.38. The van der Waals surface area contributed by atoms with Gasteiger partial charge in [0.05, 0.1) is 10.0 Å². The van der Waals surface area contributed by atoms with Gasteiger partial charge in [-0.25, -0.2) is 4.79 Å². The third-order valence-electron chi connectivity index (χ3n) is 2.79. The van der Waals surface area contributed by atoms with E-state index in [9.17, 15) is 4.79 Å². The number of hydrogen-bond acceptors (Lipinski definition) is 3. The summed E-state index contributed by atoms with van der Waals surface area (Å²) in [6.07, 6.45) is 0. The molecule has 2 aromatic rings. The van der Waals surface area contributed by atoms with Gasteiger partial charge in [0.2, 0.25) is 0 Å². The maximum atomic E-state index is 11.6. The Morgan fingerprint density at radius 2 is 1.95 bits per heavy atom. The van der Waals surface area contributed by atoms with Gasteiger partial charge >= 0.3 is 11.8 Å². The smallest absolute Gasteiger partial charge is 0.394 e. The van der Waals surface area contributed by atoms with Crippen LogP contribution in [0.4, 0.5) is 0 Å². The number of nitrogens with one attached hydrogen (secondary N) is 1. The highest BCUT2D eigenvalue weighted by atomic mass is 79.9. The van der Waals surface area contributed by atoms with Gasteiger partial charge in [0.25, 0.3) is 0 Å². The summed E-state index contributed by atoms with van der Waals surface area (Å²) < 4.78 is 6.16. The predicted octanol–water partition coefficient (Wildman–Crippen LogP) is 1.08. The van der Waals surface area contributed by atoms with Gasteiger partial charge in [-0.1, -0.05) is 29.4 Å². The van der Waals surface area contributed by atoms with Crippen LogP contribution in [0.2, 0.25) is 0 Å². The van der Waals surface area contributed by atoms with Crippen molar-refractivity contribution in [2.24, 2.45) is 5.73 Å². The van der Waals surface area contributed by atoms with Gasteiger partial charge in [0.15, 0.2) is 6.61 Å². The maximum absolute atomic E-state index is 11.6. The number of carbonyl (C=O) groups excluding carboxylic acids is 1. The summed E-state index contributed by atoms with van der Waals surface area (Å²) in [5.74, 6) is 0.249. The van der Waals surface area contributed by atoms with Crippen LogP contribution >= 0.6 is 15.9 Å². The van der Waals surface area contributed by atoms with Crippen LogP contribution in [0.3, 0.4) is 0 Å². The van der Waals surface area contributed by atoms with Crippen LogP contribution in [0.15, 0.2) is 53.0 Å². The zero-order chi connectivity index (χ0) is 15.9. The first kappa shape index (κ1) is 16.0. The Labute approximate surface area is 136 Å². The van der Waals surface area contributed by atoms with Crippen molar-refractivity contribution in [3.8, 4) is 5.75 Å². The van der Waals surface area contributed by atoms with E-state index < -0.39 is 5.97 Å². The fourth-order valence-corrected chi connectivity index (χ4v) is 2.29. The zero-order valence-corrected chi connectivity index (χ0v) is 13.6. The summed E-state index contributed by atoms with van der Waals surface area (Å²) in [6.45, 7) is 1.74. The molecule has 0 saturated heterocycles. The van der Waals surface area contributed by atoms with E-state index in [2.05, 4.69) is 21.1 Å². The van der Waals surface area contributed by atoms with Crippen LogP contribution in [0.1, 0.15) is 11.1 Å². The number of ether oxygens (including phenoxy) is 1. The Morgan fingerprint density at radius 1 is 1.23 bits per heavy atom. The van der Waals surface area contributed by atoms with Crippen LogP contribution in [0, 0.1) is 6.92 Å². The second-order valence-electron chi connectivity index (χ2n) is 4.58. The highest BCUT2D eigenvalue weighted by Gasteiger charge is 2.10. The Hall–Kier alpha value is -2.34. The molecule has 0 bridgehead atoms. The third kappa shape index (κ3) is 4.60. The van der Waals surface area contributed by atoms with E-state index in [0.717, 1.165) is 15.6 Å². The van der Waals surface area contributed by atoms with E-state index in [1.165, 1.54) is 0 Å². The van der Waals surface area contributed by atoms with Crippen molar-refractivity contribution in [3.63, 3.8) is 0 Å². The lowest BCUT2D eigenvalue weighted by Crippen LogP contribution is -2.76. The Balaban J connectivity index is 1.88. The lowest BCUT2D eigenvalue weighted by atomic mass is 10.2. The van der Waals surface area contributed by atoms with Gasteiger partial charge in [-0.05, 0) is 52.7 Å². The van der Waals surface area contributed by atoms with Gasteiger partial charge in [0, 0.05) is 0 Å². The third-order valence-corrected chi connectivity index (χ3v) is 3.41. The largest absolute Gasteiger partial charge is 0.481 e. The molecule has 0 unspecified atom stereocenters. The maximum Gasteiger partial charge on any atom is 0.394 e. The fourth-order valence-electron chi connectivity index (χ4n) is 1.68. The molecule has 0 aliphatic carbocycles. The number of amidine groups is 1. The van der Waals surface area contributed by atoms with Crippen molar-refractivity contribution < 1.29 is 19.5 Å². The molecule has 0 amide bonds. The molecule has 114 valence electrons. The average molecular weight is 364 g/mol. The van der Waals surface area contributed by atoms with Crippen LogP contribution < -0.4 is 15.6 Å². The molecule has 0 fully saturated rings. The fraction of sp³-hybridized carbons (Fsp3) is 0.125. The highest BCUT2D eigenvalue weighted by Crippen LogP contribution is 2.25. The summed E-state index contributed by atoms with van der Waals surface area (Å²) >= 11 is 3.37. The standard InChI is InChI=1S/C16H15BrN2O3/c1-11-7-8-14(13(17)9-11)21-10-15(20)22-19-16(18)12-5-3-2-4-6-12/h2-9H,10H2,1H3,(H2,18,19)/p+1. The monoisotopic (exact) mass is 363 g/mol. The molecule has 2 rings (SSSR count). The normalized spacial score (nSPS) is 11.1. The summed E-state index contributed by atoms with van der Waals surface area (Å²) in [5.41, 5.74) is 7.60. The van der Waals surface area contributed by atoms with Crippen LogP contribution in [0.5, 0.6) is 5.75 Å². The molecular weight excluding hydrogens is 348 g/mol. The van der Waals surface area contributed by atoms with Gasteiger partial charge in [-0.2, -0.15) is 0 Å². The first-order valence-electron chi connectivity index (χ1n) is 6.59. The molecule has 22 heavy (non-hydrogen) atoms. The van der Waals surface area contributed by atoms with Crippen LogP contribution in [-0.2, 0) is 9.63 Å². The second-order valence-corrected chi connectivity index (χ2v) is 5.43. The minimum atomic E-state index is -0.577. The summed E-state index contributed by atoms with van der Waals surface area (Å²) in [7, 11) is 0. The predicted molar refractivity (Wildman–Crippen MR) is 86.2 cm³/mol. The molecule has 0 aromatic heterocycles. The molecule has 2 aromatic carbocycles. The van der Waals surface area contributed by atoms with Crippen LogP contribution in [-0.4, -0.2) is 18.4 Å². The molecular formula is C16H16BrN2O3+. The number of halogens is 1. The molecule has 5 nitrogen and oxygen atoms in total. The highest BCUT2D eigenvalue weighted by molar-refractivity contribution is 9.10. The lowest BCUT2D eigenvalue weighted by molar-refractivity contribution is -0.724. The average Bonchev–Trinajstić information content (AvgIpc) is 2.52. The lowest BCUT2D eigenvalue weighted by Gasteiger charge is -2.06. The van der Waals surface area contributed by atoms with E-state index in [4.69, 9.17) is 15.3 Å². The molecule has 0 aliphatic heterocycles. The summed E-state index contributed by atoms with van der Waals surface area (Å²) in [4.78, 5) is 16.5. The number of rotatable bonds is 5. The van der Waals surface area contributed by atoms with Crippen molar-refractivity contribution >= 4 is 27.7 Å². The minimum Gasteiger partial charge on any atom is -0.481 e. The summed E-state index contributed by atoms with van der Waals surface area (Å²) in [5, 5.41) is 2.41. The molecule has 0 radical (unpaired) electrons. The Bertz CT molecular complexity index is 687. The quantitative estimate of drug-likeness (QED) is 0.360. The number of hydrogen-bond donors (Lipinski definition) is 2. The van der Waals surface area contributed by atoms with E-state index in [-0.39, 0.29) is 12.4 Å². The number of nitrogens with two attached hydrogens (primary N) is 1. The van der Waals surface area contributed by atoms with Gasteiger partial charge in [-0.3, -0.25) is 10.6 Å². The SMILES string of the molecule is Cc1ccc(OCC(=O)O[NH+]=C(N)c2ccccc2)c(Br)c1. The molecule has 6 heteroatoms. The first-order chi connectivity index (χ1) is 10.6. The number of aryl methyl sites for hydroxylation is 1. The van der Waals surface area contributed by atoms with Crippen molar-refractivity contribution in [1.29, 1.82) is 0 Å². The Kier molecular flexibility index (Phi) is 5.55. The van der Waals surface area contributed by atoms with Crippen molar-refractivity contribution in [2.75, 3.05) is 6.61 Å². The number of benzene rings is 2. The van der Waals surface area contributed by atoms with E-state index in [1.54, 1.807) is 18.2 Å². The zero-order valence-electron chi connectivity index (χ0n) is 12.0. The van der Waals surface area contributed by atoms with Crippen molar-refractivity contribution in [3.05, 3.63) is 64.1 Å². The van der Waals surface area contributed by atoms with E-state index in [1.807, 2.05) is 37.3 Å².